The quantitative estimate of drug-likeness (QED) is 0.639. The number of ether oxygens (including phenoxy) is 2. The number of carbonyl (C=O) groups excluding carboxylic acids is 2. The fourth-order valence-electron chi connectivity index (χ4n) is 5.47. The summed E-state index contributed by atoms with van der Waals surface area (Å²) in [6.45, 7) is 6.76. The van der Waals surface area contributed by atoms with Crippen molar-refractivity contribution in [3.63, 3.8) is 0 Å². The molecule has 1 amide bonds. The Bertz CT molecular complexity index is 906. The van der Waals surface area contributed by atoms with Gasteiger partial charge in [0, 0.05) is 4.88 Å². The molecule has 7 nitrogen and oxygen atoms in total. The summed E-state index contributed by atoms with van der Waals surface area (Å²) in [7, 11) is 1.34. The largest absolute Gasteiger partial charge is 0.481 e. The summed E-state index contributed by atoms with van der Waals surface area (Å²) in [4.78, 5) is 38.7. The summed E-state index contributed by atoms with van der Waals surface area (Å²) < 4.78 is 10.8. The van der Waals surface area contributed by atoms with Gasteiger partial charge in [0.05, 0.1) is 36.7 Å². The van der Waals surface area contributed by atoms with E-state index in [1.54, 1.807) is 0 Å². The summed E-state index contributed by atoms with van der Waals surface area (Å²) in [5, 5.41) is 13.0. The van der Waals surface area contributed by atoms with Crippen molar-refractivity contribution in [1.29, 1.82) is 0 Å². The van der Waals surface area contributed by atoms with Crippen LogP contribution in [0.15, 0.2) is 0 Å². The highest BCUT2D eigenvalue weighted by Crippen LogP contribution is 2.47. The molecule has 0 aromatic carbocycles. The van der Waals surface area contributed by atoms with Crippen LogP contribution in [0, 0.1) is 23.2 Å². The number of amides is 1. The van der Waals surface area contributed by atoms with E-state index in [0.29, 0.717) is 29.3 Å². The predicted molar refractivity (Wildman–Crippen MR) is 116 cm³/mol. The molecular formula is C23H31NO6S. The number of rotatable bonds is 6. The number of carboxylic acid groups (broad SMARTS) is 1. The van der Waals surface area contributed by atoms with E-state index in [1.165, 1.54) is 18.4 Å². The Balaban J connectivity index is 1.62. The lowest BCUT2D eigenvalue weighted by molar-refractivity contribution is -0.147. The van der Waals surface area contributed by atoms with Gasteiger partial charge in [0.15, 0.2) is 0 Å². The first-order valence-electron chi connectivity index (χ1n) is 11.1. The van der Waals surface area contributed by atoms with E-state index in [0.717, 1.165) is 36.1 Å². The fraction of sp³-hybridized carbons (Fsp3) is 0.696. The van der Waals surface area contributed by atoms with Gasteiger partial charge in [0.25, 0.3) is 0 Å². The molecule has 4 rings (SSSR count). The topological polar surface area (TPSA) is 102 Å². The number of fused-ring (bicyclic) bond motifs is 3. The number of aliphatic carboxylic acids is 1. The third-order valence-corrected chi connectivity index (χ3v) is 8.94. The minimum atomic E-state index is -1.00. The van der Waals surface area contributed by atoms with Crippen molar-refractivity contribution in [2.75, 3.05) is 12.4 Å². The summed E-state index contributed by atoms with van der Waals surface area (Å²) in [6.07, 6.45) is 4.27. The molecule has 170 valence electrons. The Morgan fingerprint density at radius 1 is 1.19 bits per heavy atom. The molecule has 2 N–H and O–H groups in total. The summed E-state index contributed by atoms with van der Waals surface area (Å²) >= 11 is 1.43. The number of hydrogen-bond acceptors (Lipinski definition) is 6. The number of esters is 1. The molecule has 31 heavy (non-hydrogen) atoms. The van der Waals surface area contributed by atoms with Crippen molar-refractivity contribution in [3.05, 3.63) is 16.0 Å². The zero-order chi connectivity index (χ0) is 22.5. The van der Waals surface area contributed by atoms with Crippen LogP contribution >= 0.6 is 11.3 Å². The molecule has 0 saturated carbocycles. The zero-order valence-electron chi connectivity index (χ0n) is 18.5. The second-order valence-corrected chi connectivity index (χ2v) is 10.8. The second-order valence-electron chi connectivity index (χ2n) is 9.65. The molecule has 2 fully saturated rings. The molecule has 5 atom stereocenters. The number of nitrogens with one attached hydrogen (secondary N) is 1. The van der Waals surface area contributed by atoms with Gasteiger partial charge in [-0.3, -0.25) is 9.59 Å². The van der Waals surface area contributed by atoms with E-state index in [-0.39, 0.29) is 17.4 Å². The van der Waals surface area contributed by atoms with E-state index in [4.69, 9.17) is 9.47 Å². The van der Waals surface area contributed by atoms with Crippen LogP contribution in [0.1, 0.15) is 67.3 Å². The molecule has 1 aromatic heterocycles. The molecule has 8 heteroatoms. The second kappa shape index (κ2) is 8.20. The monoisotopic (exact) mass is 449 g/mol. The Labute approximate surface area is 186 Å². The number of methoxy groups -OCH3 is 1. The van der Waals surface area contributed by atoms with Crippen LogP contribution in [-0.4, -0.2) is 42.3 Å². The molecule has 0 unspecified atom stereocenters. The number of carboxylic acids is 1. The van der Waals surface area contributed by atoms with Crippen LogP contribution < -0.4 is 5.32 Å². The lowest BCUT2D eigenvalue weighted by Gasteiger charge is -2.36. The van der Waals surface area contributed by atoms with Crippen molar-refractivity contribution < 1.29 is 29.0 Å². The van der Waals surface area contributed by atoms with Gasteiger partial charge in [-0.1, -0.05) is 27.2 Å². The van der Waals surface area contributed by atoms with Gasteiger partial charge < -0.3 is 19.9 Å². The molecule has 3 aliphatic rings. The lowest BCUT2D eigenvalue weighted by atomic mass is 9.69. The molecule has 0 radical (unpaired) electrons. The smallest absolute Gasteiger partial charge is 0.341 e. The van der Waals surface area contributed by atoms with Crippen molar-refractivity contribution >= 4 is 34.2 Å². The minimum Gasteiger partial charge on any atom is -0.481 e. The third kappa shape index (κ3) is 3.78. The average molecular weight is 450 g/mol. The number of thiophene rings is 1. The minimum absolute atomic E-state index is 0.200. The number of hydrogen-bond donors (Lipinski definition) is 2. The van der Waals surface area contributed by atoms with E-state index < -0.39 is 29.9 Å². The fourth-order valence-corrected chi connectivity index (χ4v) is 6.79. The normalized spacial score (nSPS) is 29.5. The van der Waals surface area contributed by atoms with Gasteiger partial charge in [-0.2, -0.15) is 0 Å². The first-order valence-corrected chi connectivity index (χ1v) is 11.9. The van der Waals surface area contributed by atoms with Gasteiger partial charge in [-0.25, -0.2) is 4.79 Å². The summed E-state index contributed by atoms with van der Waals surface area (Å²) in [5.74, 6) is -2.92. The van der Waals surface area contributed by atoms with E-state index in [9.17, 15) is 19.5 Å². The first-order chi connectivity index (χ1) is 14.7. The highest BCUT2D eigenvalue weighted by molar-refractivity contribution is 7.17. The van der Waals surface area contributed by atoms with Crippen LogP contribution in [0.3, 0.4) is 0 Å². The SMILES string of the molecule is CCC(C)(C)[C@H]1CCc2c(sc(NC(=O)[C@@H]3[C@@H](C(=O)O)[C@H]4CC[C@@H]3O4)c2C(=O)OC)C1. The predicted octanol–water partition coefficient (Wildman–Crippen LogP) is 3.89. The highest BCUT2D eigenvalue weighted by Gasteiger charge is 2.55. The molecule has 3 heterocycles. The van der Waals surface area contributed by atoms with Crippen molar-refractivity contribution in [2.45, 2.75) is 71.5 Å². The van der Waals surface area contributed by atoms with E-state index >= 15 is 0 Å². The molecule has 0 spiro atoms. The molecule has 2 saturated heterocycles. The number of anilines is 1. The van der Waals surface area contributed by atoms with Gasteiger partial charge in [0.1, 0.15) is 5.00 Å². The van der Waals surface area contributed by atoms with Gasteiger partial charge in [0.2, 0.25) is 5.91 Å². The van der Waals surface area contributed by atoms with Crippen molar-refractivity contribution in [2.24, 2.45) is 23.2 Å². The van der Waals surface area contributed by atoms with Crippen LogP contribution in [0.5, 0.6) is 0 Å². The maximum atomic E-state index is 13.2. The van der Waals surface area contributed by atoms with Crippen molar-refractivity contribution in [1.82, 2.24) is 0 Å². The molecule has 1 aromatic rings. The molecule has 2 bridgehead atoms. The Kier molecular flexibility index (Phi) is 5.89. The van der Waals surface area contributed by atoms with Gasteiger partial charge >= 0.3 is 11.9 Å². The van der Waals surface area contributed by atoms with Crippen LogP contribution in [-0.2, 0) is 31.9 Å². The Morgan fingerprint density at radius 3 is 2.48 bits per heavy atom. The Morgan fingerprint density at radius 2 is 1.87 bits per heavy atom. The first kappa shape index (κ1) is 22.3. The standard InChI is InChI=1S/C23H31NO6S/c1-5-23(2,3)11-6-7-12-15(10-11)31-20(16(12)22(28)29-4)24-19(25)17-13-8-9-14(30-13)18(17)21(26)27/h11,13-14,17-18H,5-10H2,1-4H3,(H,24,25)(H,26,27)/t11-,13-,14+,17-,18-/m0/s1. The maximum Gasteiger partial charge on any atom is 0.341 e. The number of carbonyl (C=O) groups is 3. The average Bonchev–Trinajstić information content (AvgIpc) is 3.44. The van der Waals surface area contributed by atoms with Crippen LogP contribution in [0.4, 0.5) is 5.00 Å². The van der Waals surface area contributed by atoms with E-state index in [2.05, 4.69) is 26.1 Å². The van der Waals surface area contributed by atoms with Gasteiger partial charge in [-0.15, -0.1) is 11.3 Å². The van der Waals surface area contributed by atoms with Crippen molar-refractivity contribution in [3.8, 4) is 0 Å². The summed E-state index contributed by atoms with van der Waals surface area (Å²) in [6, 6.07) is 0. The zero-order valence-corrected chi connectivity index (χ0v) is 19.3. The molecule has 2 aliphatic heterocycles. The molecule has 1 aliphatic carbocycles. The summed E-state index contributed by atoms with van der Waals surface area (Å²) in [5.41, 5.74) is 1.60. The Hall–Kier alpha value is -1.93. The van der Waals surface area contributed by atoms with Crippen LogP contribution in [0.25, 0.3) is 0 Å². The van der Waals surface area contributed by atoms with Gasteiger partial charge in [-0.05, 0) is 49.0 Å². The molecular weight excluding hydrogens is 418 g/mol. The highest BCUT2D eigenvalue weighted by atomic mass is 32.1. The maximum absolute atomic E-state index is 13.2. The third-order valence-electron chi connectivity index (χ3n) is 7.77. The van der Waals surface area contributed by atoms with Crippen LogP contribution in [0.2, 0.25) is 0 Å². The van der Waals surface area contributed by atoms with E-state index in [1.807, 2.05) is 0 Å². The lowest BCUT2D eigenvalue weighted by Crippen LogP contribution is -2.41.